The Hall–Kier alpha value is -1.48. The lowest BCUT2D eigenvalue weighted by Crippen LogP contribution is -2.15. The highest BCUT2D eigenvalue weighted by Gasteiger charge is 2.10. The molecule has 0 unspecified atom stereocenters. The van der Waals surface area contributed by atoms with Gasteiger partial charge in [0.2, 0.25) is 0 Å². The summed E-state index contributed by atoms with van der Waals surface area (Å²) in [6.07, 6.45) is 2.44. The number of rotatable bonds is 6. The summed E-state index contributed by atoms with van der Waals surface area (Å²) in [4.78, 5) is 0. The molecule has 0 spiro atoms. The molecule has 0 heterocycles. The van der Waals surface area contributed by atoms with Crippen molar-refractivity contribution in [3.05, 3.63) is 91.0 Å². The monoisotopic (exact) mass is 321 g/mol. The standard InChI is InChI=1S/C20H19P2/c1-4-10-18(11-5-1)21-16-17-22(19-12-6-2-7-13-19)20-14-8-3-9-15-20/h1-15H,16-17H2/q-1. The maximum atomic E-state index is 2.28. The van der Waals surface area contributed by atoms with Crippen LogP contribution in [0.1, 0.15) is 0 Å². The van der Waals surface area contributed by atoms with Crippen LogP contribution in [0.2, 0.25) is 0 Å². The molecule has 110 valence electrons. The lowest BCUT2D eigenvalue weighted by molar-refractivity contribution is 1.52. The van der Waals surface area contributed by atoms with Crippen molar-refractivity contribution in [2.45, 2.75) is 0 Å². The van der Waals surface area contributed by atoms with Crippen molar-refractivity contribution in [2.75, 3.05) is 12.3 Å². The van der Waals surface area contributed by atoms with Crippen LogP contribution in [0.15, 0.2) is 91.0 Å². The second kappa shape index (κ2) is 8.23. The molecule has 3 rings (SSSR count). The van der Waals surface area contributed by atoms with Crippen LogP contribution < -0.4 is 15.9 Å². The van der Waals surface area contributed by atoms with E-state index in [1.165, 1.54) is 36.8 Å². The first-order valence-corrected chi connectivity index (χ1v) is 10.1. The van der Waals surface area contributed by atoms with E-state index < -0.39 is 0 Å². The maximum Gasteiger partial charge on any atom is -0.0196 e. The summed E-state index contributed by atoms with van der Waals surface area (Å²) in [6, 6.07) is 32.7. The van der Waals surface area contributed by atoms with E-state index in [1.54, 1.807) is 0 Å². The van der Waals surface area contributed by atoms with E-state index in [0.29, 0.717) is 0 Å². The van der Waals surface area contributed by atoms with E-state index in [9.17, 15) is 0 Å². The van der Waals surface area contributed by atoms with Crippen LogP contribution in [0.4, 0.5) is 0 Å². The molecule has 0 amide bonds. The third-order valence-electron chi connectivity index (χ3n) is 3.51. The van der Waals surface area contributed by atoms with E-state index in [0.717, 1.165) is 0 Å². The third-order valence-corrected chi connectivity index (χ3v) is 7.49. The Labute approximate surface area is 136 Å². The van der Waals surface area contributed by atoms with E-state index in [4.69, 9.17) is 0 Å². The van der Waals surface area contributed by atoms with E-state index in [1.807, 2.05) is 0 Å². The molecule has 0 saturated heterocycles. The lowest BCUT2D eigenvalue weighted by Gasteiger charge is -2.24. The first-order chi connectivity index (χ1) is 10.9. The zero-order valence-electron chi connectivity index (χ0n) is 12.5. The van der Waals surface area contributed by atoms with Crippen molar-refractivity contribution in [3.63, 3.8) is 0 Å². The Morgan fingerprint density at radius 3 is 1.55 bits per heavy atom. The van der Waals surface area contributed by atoms with Gasteiger partial charge in [-0.15, -0.1) is 0 Å². The van der Waals surface area contributed by atoms with Crippen LogP contribution in [-0.4, -0.2) is 12.3 Å². The largest absolute Gasteiger partial charge is 0.506 e. The van der Waals surface area contributed by atoms with Crippen molar-refractivity contribution >= 4 is 32.4 Å². The van der Waals surface area contributed by atoms with Gasteiger partial charge in [-0.2, -0.15) is 6.16 Å². The van der Waals surface area contributed by atoms with Crippen LogP contribution in [-0.2, 0) is 0 Å². The van der Waals surface area contributed by atoms with Gasteiger partial charge in [0.05, 0.1) is 0 Å². The topological polar surface area (TPSA) is 0 Å². The zero-order chi connectivity index (χ0) is 15.0. The van der Waals surface area contributed by atoms with E-state index in [-0.39, 0.29) is 7.92 Å². The predicted octanol–water partition coefficient (Wildman–Crippen LogP) is 4.39. The van der Waals surface area contributed by atoms with Gasteiger partial charge in [-0.05, 0) is 18.5 Å². The van der Waals surface area contributed by atoms with Gasteiger partial charge in [-0.25, -0.2) is 5.30 Å². The van der Waals surface area contributed by atoms with Gasteiger partial charge in [0.25, 0.3) is 0 Å². The molecule has 0 aliphatic heterocycles. The van der Waals surface area contributed by atoms with Gasteiger partial charge in [-0.3, -0.25) is 0 Å². The Balaban J connectivity index is 1.72. The van der Waals surface area contributed by atoms with Gasteiger partial charge in [-0.1, -0.05) is 97.2 Å². The molecule has 0 bridgehead atoms. The summed E-state index contributed by atoms with van der Waals surface area (Å²) in [5.74, 6) is 0. The first-order valence-electron chi connectivity index (χ1n) is 7.54. The molecule has 0 aromatic heterocycles. The summed E-state index contributed by atoms with van der Waals surface area (Å²) in [5.41, 5.74) is 0. The number of benzene rings is 3. The summed E-state index contributed by atoms with van der Waals surface area (Å²) >= 11 is 0. The minimum atomic E-state index is -0.254. The van der Waals surface area contributed by atoms with Gasteiger partial charge >= 0.3 is 0 Å². The second-order valence-corrected chi connectivity index (χ2v) is 8.66. The molecule has 0 nitrogen and oxygen atoms in total. The van der Waals surface area contributed by atoms with Crippen LogP contribution >= 0.6 is 16.5 Å². The van der Waals surface area contributed by atoms with Gasteiger partial charge in [0.15, 0.2) is 0 Å². The van der Waals surface area contributed by atoms with Crippen LogP contribution in [0.5, 0.6) is 0 Å². The molecule has 0 radical (unpaired) electrons. The zero-order valence-corrected chi connectivity index (χ0v) is 14.3. The van der Waals surface area contributed by atoms with Gasteiger partial charge in [0.1, 0.15) is 0 Å². The Morgan fingerprint density at radius 2 is 1.05 bits per heavy atom. The molecule has 3 aromatic carbocycles. The normalized spacial score (nSPS) is 11.3. The number of hydrogen-bond acceptors (Lipinski definition) is 0. The highest BCUT2D eigenvalue weighted by atomic mass is 31.1. The fourth-order valence-electron chi connectivity index (χ4n) is 2.44. The fourth-order valence-corrected chi connectivity index (χ4v) is 6.16. The molecule has 0 N–H and O–H groups in total. The molecule has 3 aromatic rings. The maximum absolute atomic E-state index is 2.28. The van der Waals surface area contributed by atoms with Crippen LogP contribution in [0.3, 0.4) is 0 Å². The van der Waals surface area contributed by atoms with Crippen molar-refractivity contribution in [1.29, 1.82) is 0 Å². The van der Waals surface area contributed by atoms with E-state index in [2.05, 4.69) is 91.0 Å². The van der Waals surface area contributed by atoms with Crippen molar-refractivity contribution < 1.29 is 0 Å². The van der Waals surface area contributed by atoms with Crippen molar-refractivity contribution in [2.24, 2.45) is 0 Å². The Bertz CT molecular complexity index is 626. The second-order valence-electron chi connectivity index (χ2n) is 5.04. The molecule has 0 fully saturated rings. The first kappa shape index (κ1) is 15.4. The quantitative estimate of drug-likeness (QED) is 0.591. The molecule has 22 heavy (non-hydrogen) atoms. The molecule has 0 aliphatic carbocycles. The third kappa shape index (κ3) is 4.26. The molecular formula is C20H19P2-. The molecule has 2 heteroatoms. The Kier molecular flexibility index (Phi) is 5.77. The molecule has 0 saturated carbocycles. The van der Waals surface area contributed by atoms with Crippen LogP contribution in [0, 0.1) is 0 Å². The molecule has 0 atom stereocenters. The van der Waals surface area contributed by atoms with Crippen LogP contribution in [0.25, 0.3) is 0 Å². The van der Waals surface area contributed by atoms with E-state index >= 15 is 0 Å². The van der Waals surface area contributed by atoms with Gasteiger partial charge < -0.3 is 8.58 Å². The lowest BCUT2D eigenvalue weighted by atomic mass is 10.4. The average molecular weight is 321 g/mol. The number of hydrogen-bond donors (Lipinski definition) is 0. The van der Waals surface area contributed by atoms with Gasteiger partial charge in [0, 0.05) is 0 Å². The van der Waals surface area contributed by atoms with Crippen molar-refractivity contribution in [1.82, 2.24) is 0 Å². The molecule has 0 aliphatic rings. The van der Waals surface area contributed by atoms with Crippen molar-refractivity contribution in [3.8, 4) is 0 Å². The summed E-state index contributed by atoms with van der Waals surface area (Å²) in [7, 11) is 1.17. The summed E-state index contributed by atoms with van der Waals surface area (Å²) in [5, 5.41) is 4.37. The summed E-state index contributed by atoms with van der Waals surface area (Å²) in [6.45, 7) is 0. The summed E-state index contributed by atoms with van der Waals surface area (Å²) < 4.78 is 0. The fraction of sp³-hybridized carbons (Fsp3) is 0.100. The minimum absolute atomic E-state index is 0.254. The Morgan fingerprint density at radius 1 is 0.591 bits per heavy atom. The predicted molar refractivity (Wildman–Crippen MR) is 102 cm³/mol. The highest BCUT2D eigenvalue weighted by molar-refractivity contribution is 7.73. The molecular weight excluding hydrogens is 302 g/mol. The SMILES string of the molecule is c1ccc([P-]CCP(c2ccccc2)c2ccccc2)cc1. The highest BCUT2D eigenvalue weighted by Crippen LogP contribution is 2.34. The smallest absolute Gasteiger partial charge is 0.0196 e. The minimum Gasteiger partial charge on any atom is -0.506 e. The average Bonchev–Trinajstić information content (AvgIpc) is 2.61.